The van der Waals surface area contributed by atoms with E-state index in [1.54, 1.807) is 16.2 Å². The van der Waals surface area contributed by atoms with Gasteiger partial charge in [-0.25, -0.2) is 4.98 Å². The van der Waals surface area contributed by atoms with Crippen molar-refractivity contribution in [3.63, 3.8) is 0 Å². The van der Waals surface area contributed by atoms with Gasteiger partial charge in [0.1, 0.15) is 5.01 Å². The van der Waals surface area contributed by atoms with Gasteiger partial charge in [0.05, 0.1) is 18.2 Å². The van der Waals surface area contributed by atoms with Crippen molar-refractivity contribution in [2.45, 2.75) is 46.1 Å². The van der Waals surface area contributed by atoms with Crippen molar-refractivity contribution in [1.82, 2.24) is 10.3 Å². The number of anilines is 1. The number of hydrogen-bond donors (Lipinski definition) is 1. The van der Waals surface area contributed by atoms with E-state index in [-0.39, 0.29) is 24.2 Å². The van der Waals surface area contributed by atoms with Crippen LogP contribution >= 0.6 is 11.3 Å². The molecule has 2 amide bonds. The van der Waals surface area contributed by atoms with E-state index >= 15 is 0 Å². The number of rotatable bonds is 8. The first-order chi connectivity index (χ1) is 15.5. The minimum atomic E-state index is -0.336. The Labute approximate surface area is 193 Å². The molecule has 1 unspecified atom stereocenters. The van der Waals surface area contributed by atoms with Crippen molar-refractivity contribution in [3.05, 3.63) is 70.7 Å². The third kappa shape index (κ3) is 5.07. The lowest BCUT2D eigenvalue weighted by atomic mass is 10.1. The molecule has 1 fully saturated rings. The summed E-state index contributed by atoms with van der Waals surface area (Å²) < 4.78 is 0. The molecule has 166 valence electrons. The largest absolute Gasteiger partial charge is 0.350 e. The highest BCUT2D eigenvalue weighted by Gasteiger charge is 2.35. The van der Waals surface area contributed by atoms with Crippen LogP contribution in [0.3, 0.4) is 0 Å². The summed E-state index contributed by atoms with van der Waals surface area (Å²) in [4.78, 5) is 31.7. The number of nitrogens with one attached hydrogen (secondary N) is 1. The third-order valence-electron chi connectivity index (χ3n) is 5.93. The first-order valence-electron chi connectivity index (χ1n) is 11.2. The van der Waals surface area contributed by atoms with E-state index in [1.807, 2.05) is 29.6 Å². The minimum Gasteiger partial charge on any atom is -0.350 e. The molecule has 1 aliphatic heterocycles. The van der Waals surface area contributed by atoms with Gasteiger partial charge in [-0.15, -0.1) is 11.3 Å². The monoisotopic (exact) mass is 447 g/mol. The molecule has 0 saturated carbocycles. The number of benzene rings is 2. The summed E-state index contributed by atoms with van der Waals surface area (Å²) in [5.41, 5.74) is 5.29. The molecule has 1 aliphatic rings. The van der Waals surface area contributed by atoms with Crippen LogP contribution in [0.5, 0.6) is 0 Å². The van der Waals surface area contributed by atoms with Crippen LogP contribution in [0, 0.1) is 12.8 Å². The van der Waals surface area contributed by atoms with Gasteiger partial charge in [0.2, 0.25) is 11.8 Å². The fraction of sp³-hybridized carbons (Fsp3) is 0.346. The van der Waals surface area contributed by atoms with Crippen molar-refractivity contribution in [3.8, 4) is 10.6 Å². The van der Waals surface area contributed by atoms with E-state index in [4.69, 9.17) is 0 Å². The Morgan fingerprint density at radius 2 is 1.97 bits per heavy atom. The molecule has 2 heterocycles. The fourth-order valence-electron chi connectivity index (χ4n) is 4.00. The smallest absolute Gasteiger partial charge is 0.227 e. The van der Waals surface area contributed by atoms with E-state index in [1.165, 1.54) is 11.1 Å². The molecular formula is C26H29N3O2S. The maximum atomic E-state index is 12.7. The molecule has 32 heavy (non-hydrogen) atoms. The number of aryl methyl sites for hydroxylation is 2. The molecule has 0 aliphatic carbocycles. The van der Waals surface area contributed by atoms with Crippen LogP contribution in [0.4, 0.5) is 5.69 Å². The second kappa shape index (κ2) is 10.1. The number of hydrogen-bond acceptors (Lipinski definition) is 4. The summed E-state index contributed by atoms with van der Waals surface area (Å²) in [6, 6.07) is 16.3. The van der Waals surface area contributed by atoms with E-state index < -0.39 is 0 Å². The SMILES string of the molecule is CCCCc1ccc(N2CC(C(=O)NCc3csc(-c4ccccc4C)n3)CC2=O)cc1. The molecular weight excluding hydrogens is 418 g/mol. The van der Waals surface area contributed by atoms with Crippen LogP contribution in [-0.2, 0) is 22.6 Å². The summed E-state index contributed by atoms with van der Waals surface area (Å²) in [6.07, 6.45) is 3.62. The highest BCUT2D eigenvalue weighted by atomic mass is 32.1. The average Bonchev–Trinajstić information content (AvgIpc) is 3.43. The van der Waals surface area contributed by atoms with Crippen LogP contribution in [0.25, 0.3) is 10.6 Å². The van der Waals surface area contributed by atoms with Gasteiger partial charge in [0, 0.05) is 29.6 Å². The molecule has 0 radical (unpaired) electrons. The van der Waals surface area contributed by atoms with Crippen LogP contribution in [0.15, 0.2) is 53.9 Å². The molecule has 0 spiro atoms. The van der Waals surface area contributed by atoms with Gasteiger partial charge >= 0.3 is 0 Å². The van der Waals surface area contributed by atoms with E-state index in [2.05, 4.69) is 48.4 Å². The fourth-order valence-corrected chi connectivity index (χ4v) is 4.91. The van der Waals surface area contributed by atoms with Gasteiger partial charge < -0.3 is 10.2 Å². The van der Waals surface area contributed by atoms with Crippen LogP contribution < -0.4 is 10.2 Å². The van der Waals surface area contributed by atoms with Crippen molar-refractivity contribution < 1.29 is 9.59 Å². The van der Waals surface area contributed by atoms with Gasteiger partial charge in [0.25, 0.3) is 0 Å². The van der Waals surface area contributed by atoms with Gasteiger partial charge in [-0.3, -0.25) is 9.59 Å². The van der Waals surface area contributed by atoms with Crippen LogP contribution in [-0.4, -0.2) is 23.3 Å². The molecule has 4 rings (SSSR count). The van der Waals surface area contributed by atoms with Crippen molar-refractivity contribution in [2.24, 2.45) is 5.92 Å². The van der Waals surface area contributed by atoms with Crippen LogP contribution in [0.2, 0.25) is 0 Å². The summed E-state index contributed by atoms with van der Waals surface area (Å²) in [5.74, 6) is -0.426. The molecule has 0 bridgehead atoms. The van der Waals surface area contributed by atoms with Gasteiger partial charge in [0.15, 0.2) is 0 Å². The second-order valence-corrected chi connectivity index (χ2v) is 9.21. The Hall–Kier alpha value is -2.99. The quantitative estimate of drug-likeness (QED) is 0.521. The average molecular weight is 448 g/mol. The Kier molecular flexibility index (Phi) is 7.00. The summed E-state index contributed by atoms with van der Waals surface area (Å²) in [6.45, 7) is 5.04. The van der Waals surface area contributed by atoms with Gasteiger partial charge in [-0.05, 0) is 43.0 Å². The molecule has 3 aromatic rings. The van der Waals surface area contributed by atoms with E-state index in [0.717, 1.165) is 41.2 Å². The number of carbonyl (C=O) groups is 2. The lowest BCUT2D eigenvalue weighted by Crippen LogP contribution is -2.32. The Bertz CT molecular complexity index is 1090. The molecule has 5 nitrogen and oxygen atoms in total. The highest BCUT2D eigenvalue weighted by Crippen LogP contribution is 2.28. The van der Waals surface area contributed by atoms with Gasteiger partial charge in [-0.2, -0.15) is 0 Å². The molecule has 1 atom stereocenters. The second-order valence-electron chi connectivity index (χ2n) is 8.35. The lowest BCUT2D eigenvalue weighted by Gasteiger charge is -2.17. The molecule has 2 aromatic carbocycles. The Balaban J connectivity index is 1.33. The minimum absolute atomic E-state index is 0.00181. The molecule has 1 aromatic heterocycles. The normalized spacial score (nSPS) is 15.9. The number of amides is 2. The predicted molar refractivity (Wildman–Crippen MR) is 130 cm³/mol. The first-order valence-corrected chi connectivity index (χ1v) is 12.1. The van der Waals surface area contributed by atoms with E-state index in [9.17, 15) is 9.59 Å². The standard InChI is InChI=1S/C26H29N3O2S/c1-3-4-8-19-10-12-22(13-11-19)29-16-20(14-24(29)30)25(31)27-15-21-17-32-26(28-21)23-9-6-5-7-18(23)2/h5-7,9-13,17,20H,3-4,8,14-16H2,1-2H3,(H,27,31). The summed E-state index contributed by atoms with van der Waals surface area (Å²) in [7, 11) is 0. The van der Waals surface area contributed by atoms with Crippen LogP contribution in [0.1, 0.15) is 43.0 Å². The predicted octanol–water partition coefficient (Wildman–Crippen LogP) is 5.13. The van der Waals surface area contributed by atoms with Crippen molar-refractivity contribution in [1.29, 1.82) is 0 Å². The summed E-state index contributed by atoms with van der Waals surface area (Å²) in [5, 5.41) is 5.91. The van der Waals surface area contributed by atoms with Crippen molar-refractivity contribution in [2.75, 3.05) is 11.4 Å². The highest BCUT2D eigenvalue weighted by molar-refractivity contribution is 7.13. The zero-order valence-electron chi connectivity index (χ0n) is 18.6. The lowest BCUT2D eigenvalue weighted by molar-refractivity contribution is -0.126. The number of unbranched alkanes of at least 4 members (excludes halogenated alkanes) is 1. The topological polar surface area (TPSA) is 62.3 Å². The maximum Gasteiger partial charge on any atom is 0.227 e. The zero-order chi connectivity index (χ0) is 22.5. The van der Waals surface area contributed by atoms with E-state index in [0.29, 0.717) is 13.1 Å². The molecule has 1 N–H and O–H groups in total. The zero-order valence-corrected chi connectivity index (χ0v) is 19.5. The maximum absolute atomic E-state index is 12.7. The Morgan fingerprint density at radius 1 is 1.19 bits per heavy atom. The number of aromatic nitrogens is 1. The van der Waals surface area contributed by atoms with Gasteiger partial charge in [-0.1, -0.05) is 49.7 Å². The first kappa shape index (κ1) is 22.2. The summed E-state index contributed by atoms with van der Waals surface area (Å²) >= 11 is 1.58. The van der Waals surface area contributed by atoms with Crippen molar-refractivity contribution >= 4 is 28.8 Å². The number of nitrogens with zero attached hydrogens (tertiary/aromatic N) is 2. The molecule has 1 saturated heterocycles. The Morgan fingerprint density at radius 3 is 2.72 bits per heavy atom. The number of thiazole rings is 1. The third-order valence-corrected chi connectivity index (χ3v) is 6.86. The number of carbonyl (C=O) groups excluding carboxylic acids is 2. The molecule has 6 heteroatoms.